The maximum absolute atomic E-state index is 9.68. The van der Waals surface area contributed by atoms with Gasteiger partial charge in [-0.25, -0.2) is 4.68 Å². The molecule has 0 spiro atoms. The van der Waals surface area contributed by atoms with E-state index in [1.54, 1.807) is 7.11 Å². The van der Waals surface area contributed by atoms with Crippen LogP contribution in [0.25, 0.3) is 11.4 Å². The van der Waals surface area contributed by atoms with Crippen molar-refractivity contribution in [1.29, 1.82) is 0 Å². The number of hydrogen-bond donors (Lipinski definition) is 1. The van der Waals surface area contributed by atoms with Crippen LogP contribution in [0, 0.1) is 4.77 Å². The Bertz CT molecular complexity index is 758. The van der Waals surface area contributed by atoms with Gasteiger partial charge in [-0.15, -0.1) is 0 Å². The number of hydrogen-bond acceptors (Lipinski definition) is 5. The minimum absolute atomic E-state index is 0.174. The Labute approximate surface area is 153 Å². The Hall–Kier alpha value is -1.70. The molecule has 1 N–H and O–H groups in total. The molecule has 1 fully saturated rings. The molecule has 0 radical (unpaired) electrons. The highest BCUT2D eigenvalue weighted by Crippen LogP contribution is 2.25. The number of nitrogens with zero attached hydrogens (tertiary/aromatic N) is 4. The Balaban J connectivity index is 1.91. The van der Waals surface area contributed by atoms with Crippen molar-refractivity contribution in [3.05, 3.63) is 29.0 Å². The Morgan fingerprint density at radius 3 is 2.44 bits per heavy atom. The van der Waals surface area contributed by atoms with E-state index < -0.39 is 0 Å². The third kappa shape index (κ3) is 3.94. The first-order chi connectivity index (χ1) is 12.0. The third-order valence-electron chi connectivity index (χ3n) is 4.63. The quantitative estimate of drug-likeness (QED) is 0.829. The van der Waals surface area contributed by atoms with Gasteiger partial charge >= 0.3 is 0 Å². The Kier molecular flexibility index (Phi) is 5.56. The van der Waals surface area contributed by atoms with Crippen molar-refractivity contribution in [2.24, 2.45) is 0 Å². The summed E-state index contributed by atoms with van der Waals surface area (Å²) >= 11 is 5.69. The van der Waals surface area contributed by atoms with Crippen molar-refractivity contribution in [2.45, 2.75) is 45.5 Å². The summed E-state index contributed by atoms with van der Waals surface area (Å²) in [5.74, 6) is 1.70. The molecular formula is C18H26N4O2S. The van der Waals surface area contributed by atoms with Crippen molar-refractivity contribution < 1.29 is 9.84 Å². The number of aliphatic hydroxyl groups excluding tert-OH is 1. The number of aromatic nitrogens is 3. The third-order valence-corrected chi connectivity index (χ3v) is 5.03. The van der Waals surface area contributed by atoms with E-state index in [-0.39, 0.29) is 12.1 Å². The predicted molar refractivity (Wildman–Crippen MR) is 100 cm³/mol. The van der Waals surface area contributed by atoms with E-state index in [4.69, 9.17) is 22.1 Å². The topological polar surface area (TPSA) is 55.4 Å². The fraction of sp³-hybridized carbons (Fsp3) is 0.556. The van der Waals surface area contributed by atoms with Crippen LogP contribution in [0.15, 0.2) is 24.3 Å². The molecule has 0 bridgehead atoms. The van der Waals surface area contributed by atoms with Gasteiger partial charge in [0.15, 0.2) is 10.6 Å². The van der Waals surface area contributed by atoms with E-state index in [1.165, 1.54) is 0 Å². The zero-order valence-corrected chi connectivity index (χ0v) is 15.9. The second kappa shape index (κ2) is 7.68. The predicted octanol–water partition coefficient (Wildman–Crippen LogP) is 3.08. The fourth-order valence-corrected chi connectivity index (χ4v) is 3.56. The molecular weight excluding hydrogens is 336 g/mol. The summed E-state index contributed by atoms with van der Waals surface area (Å²) in [7, 11) is 1.66. The van der Waals surface area contributed by atoms with Crippen molar-refractivity contribution in [2.75, 3.05) is 20.2 Å². The van der Waals surface area contributed by atoms with Crippen LogP contribution in [0.5, 0.6) is 5.75 Å². The van der Waals surface area contributed by atoms with Crippen molar-refractivity contribution in [3.63, 3.8) is 0 Å². The summed E-state index contributed by atoms with van der Waals surface area (Å²) in [4.78, 5) is 2.29. The zero-order chi connectivity index (χ0) is 18.0. The van der Waals surface area contributed by atoms with Crippen molar-refractivity contribution in [1.82, 2.24) is 19.2 Å². The molecule has 1 aromatic heterocycles. The summed E-state index contributed by atoms with van der Waals surface area (Å²) in [5.41, 5.74) is 1.02. The molecule has 6 nitrogen and oxygen atoms in total. The van der Waals surface area contributed by atoms with Crippen molar-refractivity contribution >= 4 is 12.2 Å². The van der Waals surface area contributed by atoms with Crippen LogP contribution in [-0.2, 0) is 6.67 Å². The van der Waals surface area contributed by atoms with E-state index in [9.17, 15) is 5.11 Å². The smallest absolute Gasteiger partial charge is 0.199 e. The number of likely N-dealkylation sites (tertiary alicyclic amines) is 1. The number of ether oxygens (including phenoxy) is 1. The Morgan fingerprint density at radius 1 is 1.24 bits per heavy atom. The van der Waals surface area contributed by atoms with Gasteiger partial charge in [0.1, 0.15) is 5.75 Å². The standard InChI is InChI=1S/C18H26N4O2S/c1-13(2)22-17(14-4-6-16(24-3)7-5-14)19-21(18(22)25)12-20-10-8-15(23)9-11-20/h4-7,13,15,23H,8-12H2,1-3H3. The summed E-state index contributed by atoms with van der Waals surface area (Å²) in [6, 6.07) is 8.12. The number of aliphatic hydroxyl groups is 1. The van der Waals surface area contributed by atoms with Crippen LogP contribution >= 0.6 is 12.2 Å². The van der Waals surface area contributed by atoms with Crippen LogP contribution in [0.4, 0.5) is 0 Å². The molecule has 1 aromatic carbocycles. The van der Waals surface area contributed by atoms with E-state index in [0.29, 0.717) is 6.67 Å². The van der Waals surface area contributed by atoms with Gasteiger partial charge < -0.3 is 9.84 Å². The second-order valence-corrected chi connectivity index (χ2v) is 7.15. The molecule has 25 heavy (non-hydrogen) atoms. The molecule has 1 saturated heterocycles. The normalized spacial score (nSPS) is 16.5. The van der Waals surface area contributed by atoms with Gasteiger partial charge in [-0.1, -0.05) is 0 Å². The highest BCUT2D eigenvalue weighted by Gasteiger charge is 2.20. The van der Waals surface area contributed by atoms with Gasteiger partial charge in [0, 0.05) is 24.7 Å². The van der Waals surface area contributed by atoms with Gasteiger partial charge in [-0.3, -0.25) is 9.47 Å². The number of methoxy groups -OCH3 is 1. The highest BCUT2D eigenvalue weighted by atomic mass is 32.1. The molecule has 0 saturated carbocycles. The molecule has 3 rings (SSSR count). The number of piperidine rings is 1. The maximum Gasteiger partial charge on any atom is 0.199 e. The minimum atomic E-state index is -0.174. The fourth-order valence-electron chi connectivity index (χ4n) is 3.16. The lowest BCUT2D eigenvalue weighted by molar-refractivity contribution is 0.0650. The van der Waals surface area contributed by atoms with E-state index >= 15 is 0 Å². The molecule has 1 aliphatic rings. The lowest BCUT2D eigenvalue weighted by Gasteiger charge is -2.28. The maximum atomic E-state index is 9.68. The molecule has 0 atom stereocenters. The lowest BCUT2D eigenvalue weighted by Crippen LogP contribution is -2.37. The van der Waals surface area contributed by atoms with Crippen LogP contribution in [0.1, 0.15) is 32.7 Å². The summed E-state index contributed by atoms with van der Waals surface area (Å²) in [6.07, 6.45) is 1.44. The molecule has 0 aliphatic carbocycles. The van der Waals surface area contributed by atoms with Crippen molar-refractivity contribution in [3.8, 4) is 17.1 Å². The number of rotatable bonds is 5. The summed E-state index contributed by atoms with van der Waals surface area (Å²) < 4.78 is 9.96. The van der Waals surface area contributed by atoms with E-state index in [0.717, 1.165) is 47.8 Å². The monoisotopic (exact) mass is 362 g/mol. The molecule has 0 amide bonds. The Morgan fingerprint density at radius 2 is 1.88 bits per heavy atom. The molecule has 0 unspecified atom stereocenters. The van der Waals surface area contributed by atoms with Gasteiger partial charge in [0.25, 0.3) is 0 Å². The molecule has 2 aromatic rings. The average molecular weight is 362 g/mol. The van der Waals surface area contributed by atoms with Crippen LogP contribution in [0.3, 0.4) is 0 Å². The van der Waals surface area contributed by atoms with Gasteiger partial charge in [0.05, 0.1) is 19.9 Å². The highest BCUT2D eigenvalue weighted by molar-refractivity contribution is 7.71. The summed E-state index contributed by atoms with van der Waals surface area (Å²) in [6.45, 7) is 6.64. The van der Waals surface area contributed by atoms with Gasteiger partial charge in [0.2, 0.25) is 0 Å². The molecule has 136 valence electrons. The lowest BCUT2D eigenvalue weighted by atomic mass is 10.1. The second-order valence-electron chi connectivity index (χ2n) is 6.79. The van der Waals surface area contributed by atoms with Crippen LogP contribution in [-0.4, -0.2) is 50.7 Å². The molecule has 2 heterocycles. The number of benzene rings is 1. The van der Waals surface area contributed by atoms with Gasteiger partial charge in [-0.05, 0) is 63.2 Å². The van der Waals surface area contributed by atoms with Gasteiger partial charge in [-0.2, -0.15) is 5.10 Å². The van der Waals surface area contributed by atoms with Crippen LogP contribution < -0.4 is 4.74 Å². The zero-order valence-electron chi connectivity index (χ0n) is 15.1. The SMILES string of the molecule is COc1ccc(-c2nn(CN3CCC(O)CC3)c(=S)n2C(C)C)cc1. The summed E-state index contributed by atoms with van der Waals surface area (Å²) in [5, 5.41) is 14.5. The first kappa shape index (κ1) is 18.1. The first-order valence-corrected chi connectivity index (χ1v) is 9.14. The average Bonchev–Trinajstić information content (AvgIpc) is 2.93. The first-order valence-electron chi connectivity index (χ1n) is 8.73. The molecule has 7 heteroatoms. The molecule has 1 aliphatic heterocycles. The minimum Gasteiger partial charge on any atom is -0.497 e. The van der Waals surface area contributed by atoms with E-state index in [2.05, 4.69) is 23.3 Å². The van der Waals surface area contributed by atoms with Crippen LogP contribution in [0.2, 0.25) is 0 Å². The van der Waals surface area contributed by atoms with E-state index in [1.807, 2.05) is 28.9 Å². The largest absolute Gasteiger partial charge is 0.497 e.